The molecule has 0 radical (unpaired) electrons. The molecule has 5 rings (SSSR count). The van der Waals surface area contributed by atoms with Crippen LogP contribution in [-0.4, -0.2) is 45.4 Å². The van der Waals surface area contributed by atoms with Gasteiger partial charge in [-0.15, -0.1) is 10.2 Å². The number of aromatic nitrogens is 2. The first-order valence-corrected chi connectivity index (χ1v) is 24.4. The summed E-state index contributed by atoms with van der Waals surface area (Å²) in [5.74, 6) is 0.256. The number of nitrogens with one attached hydrogen (secondary N) is 3. The third kappa shape index (κ3) is 13.7. The zero-order valence-electron chi connectivity index (χ0n) is 36.1. The summed E-state index contributed by atoms with van der Waals surface area (Å²) in [6.07, 6.45) is 17.4. The monoisotopic (exact) mass is 899 g/mol. The Morgan fingerprint density at radius 3 is 1.98 bits per heavy atom. The third-order valence-electron chi connectivity index (χ3n) is 10.4. The number of aromatic hydroxyl groups is 1. The Morgan fingerprint density at radius 2 is 1.35 bits per heavy atom. The number of hydrogen-bond donors (Lipinski definition) is 4. The van der Waals surface area contributed by atoms with Crippen LogP contribution in [0.4, 0.5) is 22.7 Å². The molecule has 0 aliphatic heterocycles. The summed E-state index contributed by atoms with van der Waals surface area (Å²) in [5.41, 5.74) is -0.259. The Morgan fingerprint density at radius 1 is 0.730 bits per heavy atom. The lowest BCUT2D eigenvalue weighted by molar-refractivity contribution is 0.302. The van der Waals surface area contributed by atoms with Crippen LogP contribution in [0.2, 0.25) is 0 Å². The van der Waals surface area contributed by atoms with Crippen molar-refractivity contribution < 1.29 is 31.4 Å². The number of para-hydroxylation sites is 1. The van der Waals surface area contributed by atoms with Crippen molar-refractivity contribution in [3.05, 3.63) is 107 Å². The summed E-state index contributed by atoms with van der Waals surface area (Å²) >= 11 is 0. The molecule has 5 aromatic rings. The molecule has 17 heteroatoms. The predicted octanol–water partition coefficient (Wildman–Crippen LogP) is 10.9. The van der Waals surface area contributed by atoms with Gasteiger partial charge in [0.25, 0.3) is 25.6 Å². The first kappa shape index (κ1) is 47.9. The summed E-state index contributed by atoms with van der Waals surface area (Å²) in [4.78, 5) is 12.6. The number of nitrogens with zero attached hydrogens (tertiary/aromatic N) is 4. The molecule has 0 saturated carbocycles. The minimum absolute atomic E-state index is 0.0718. The molecule has 0 bridgehead atoms. The molecule has 1 heterocycles. The van der Waals surface area contributed by atoms with E-state index in [-0.39, 0.29) is 49.7 Å². The molecule has 0 amide bonds. The molecule has 0 aliphatic carbocycles. The van der Waals surface area contributed by atoms with Crippen LogP contribution in [0.1, 0.15) is 108 Å². The molecule has 4 N–H and O–H groups in total. The summed E-state index contributed by atoms with van der Waals surface area (Å²) in [5, 5.41) is 31.1. The molecule has 336 valence electrons. The fourth-order valence-corrected chi connectivity index (χ4v) is 9.09. The molecular weight excluding hydrogens is 843 g/mol. The maximum Gasteiger partial charge on any atom is 0.300 e. The average Bonchev–Trinajstić information content (AvgIpc) is 3.60. The number of benzene rings is 4. The molecule has 0 atom stereocenters. The fourth-order valence-electron chi connectivity index (χ4n) is 6.91. The van der Waals surface area contributed by atoms with Gasteiger partial charge in [-0.2, -0.15) is 5.26 Å². The number of H-pyrrole nitrogens is 1. The van der Waals surface area contributed by atoms with E-state index in [4.69, 9.17) is 9.47 Å². The van der Waals surface area contributed by atoms with Gasteiger partial charge in [0.2, 0.25) is 0 Å². The minimum Gasteiger partial charge on any atom is -0.506 e. The van der Waals surface area contributed by atoms with Crippen molar-refractivity contribution in [3.8, 4) is 29.0 Å². The largest absolute Gasteiger partial charge is 0.506 e. The van der Waals surface area contributed by atoms with E-state index in [1.54, 1.807) is 37.3 Å². The topological polar surface area (TPSA) is 217 Å². The van der Waals surface area contributed by atoms with Crippen LogP contribution in [0, 0.1) is 18.3 Å². The van der Waals surface area contributed by atoms with Crippen molar-refractivity contribution in [2.75, 3.05) is 23.2 Å². The molecule has 4 aromatic carbocycles. The van der Waals surface area contributed by atoms with Gasteiger partial charge in [0, 0.05) is 6.07 Å². The van der Waals surface area contributed by atoms with Crippen LogP contribution in [-0.2, 0) is 20.0 Å². The van der Waals surface area contributed by atoms with E-state index in [1.165, 1.54) is 120 Å². The number of anilines is 2. The maximum atomic E-state index is 13.6. The number of ether oxygens (including phenoxy) is 2. The van der Waals surface area contributed by atoms with Gasteiger partial charge in [0.15, 0.2) is 11.4 Å². The summed E-state index contributed by atoms with van der Waals surface area (Å²) in [6.45, 7) is 4.45. The number of azo groups is 1. The Balaban J connectivity index is 1.18. The number of phenolic OH excluding ortho intramolecular Hbond substituents is 1. The quantitative estimate of drug-likeness (QED) is 0.0235. The van der Waals surface area contributed by atoms with E-state index < -0.39 is 25.6 Å². The van der Waals surface area contributed by atoms with E-state index in [9.17, 15) is 32.0 Å². The Hall–Kier alpha value is -6.12. The third-order valence-corrected chi connectivity index (χ3v) is 13.1. The van der Waals surface area contributed by atoms with Gasteiger partial charge in [-0.3, -0.25) is 19.3 Å². The Kier molecular flexibility index (Phi) is 17.8. The maximum absolute atomic E-state index is 13.6. The normalized spacial score (nSPS) is 11.7. The second-order valence-electron chi connectivity index (χ2n) is 15.3. The van der Waals surface area contributed by atoms with Crippen molar-refractivity contribution in [2.45, 2.75) is 114 Å². The van der Waals surface area contributed by atoms with E-state index in [0.29, 0.717) is 23.6 Å². The number of nitriles is 1. The zero-order valence-corrected chi connectivity index (χ0v) is 37.7. The lowest BCUT2D eigenvalue weighted by atomic mass is 10.0. The predicted molar refractivity (Wildman–Crippen MR) is 245 cm³/mol. The van der Waals surface area contributed by atoms with Crippen molar-refractivity contribution in [1.29, 1.82) is 5.26 Å². The van der Waals surface area contributed by atoms with E-state index in [0.717, 1.165) is 36.1 Å². The van der Waals surface area contributed by atoms with Crippen molar-refractivity contribution in [3.63, 3.8) is 0 Å². The highest BCUT2D eigenvalue weighted by atomic mass is 32.2. The van der Waals surface area contributed by atoms with E-state index in [2.05, 4.69) is 31.7 Å². The fraction of sp³-hybridized carbons (Fsp3) is 0.391. The minimum atomic E-state index is -4.36. The van der Waals surface area contributed by atoms with Gasteiger partial charge in [-0.25, -0.2) is 21.5 Å². The van der Waals surface area contributed by atoms with Crippen LogP contribution < -0.4 is 24.5 Å². The van der Waals surface area contributed by atoms with Gasteiger partial charge >= 0.3 is 0 Å². The Bertz CT molecular complexity index is 2640. The molecular formula is C46H57N7O8S2. The van der Waals surface area contributed by atoms with Crippen LogP contribution in [0.5, 0.6) is 17.2 Å². The van der Waals surface area contributed by atoms with Gasteiger partial charge in [-0.05, 0) is 73.5 Å². The van der Waals surface area contributed by atoms with Gasteiger partial charge in [0.05, 0.1) is 40.6 Å². The van der Waals surface area contributed by atoms with Crippen molar-refractivity contribution in [1.82, 2.24) is 9.78 Å². The molecule has 1 aromatic heterocycles. The summed E-state index contributed by atoms with van der Waals surface area (Å²) in [7, 11) is -7.36. The lowest BCUT2D eigenvalue weighted by Crippen LogP contribution is -2.16. The number of methoxy groups -OCH3 is 1. The number of phenols is 1. The number of rotatable bonds is 26. The highest BCUT2D eigenvalue weighted by Gasteiger charge is 2.22. The SMILES string of the molecule is CCCCCCCCCCCCCCCCOc1cc(NS(=O)(=O)c2cccc(NS(=O)(=O)c3ccc(OC)c(/N=N/c4c(C#N)[nH]n(-c5ccccc5)c4=O)c3)c2)c(O)cc1C. The number of unbranched alkanes of at least 4 members (excludes halogenated alkanes) is 13. The number of aryl methyl sites for hydroxylation is 1. The summed E-state index contributed by atoms with van der Waals surface area (Å²) in [6, 6.07) is 22.2. The first-order valence-electron chi connectivity index (χ1n) is 21.4. The van der Waals surface area contributed by atoms with Crippen molar-refractivity contribution >= 4 is 42.8 Å². The molecule has 0 saturated heterocycles. The highest BCUT2D eigenvalue weighted by molar-refractivity contribution is 7.93. The number of hydrogen-bond acceptors (Lipinski definition) is 11. The zero-order chi connectivity index (χ0) is 45.2. The molecule has 0 spiro atoms. The second-order valence-corrected chi connectivity index (χ2v) is 18.6. The first-order chi connectivity index (χ1) is 30.4. The molecule has 63 heavy (non-hydrogen) atoms. The number of sulfonamides is 2. The smallest absolute Gasteiger partial charge is 0.300 e. The van der Waals surface area contributed by atoms with Crippen LogP contribution in [0.3, 0.4) is 0 Å². The molecule has 0 aliphatic rings. The van der Waals surface area contributed by atoms with E-state index >= 15 is 0 Å². The van der Waals surface area contributed by atoms with Crippen LogP contribution >= 0.6 is 0 Å². The molecule has 15 nitrogen and oxygen atoms in total. The molecule has 0 unspecified atom stereocenters. The van der Waals surface area contributed by atoms with Crippen molar-refractivity contribution in [2.24, 2.45) is 10.2 Å². The average molecular weight is 900 g/mol. The number of aromatic amines is 1. The van der Waals surface area contributed by atoms with E-state index in [1.807, 2.05) is 6.07 Å². The van der Waals surface area contributed by atoms with Gasteiger partial charge in [0.1, 0.15) is 29.0 Å². The standard InChI is InChI=1S/C46H57N7O8S2/c1-4-5-6-7-8-9-10-11-12-13-14-15-16-20-28-61-44-32-39(42(54)29-34(44)2)52-63(58,59)37-25-21-22-35(30-37)51-62(56,57)38-26-27-43(60-3)40(31-38)48-49-45-41(33-47)50-53(46(45)55)36-23-18-17-19-24-36/h17-19,21-27,29-32,50-52,54H,4-16,20,28H2,1-3H3/b49-48+. The van der Waals surface area contributed by atoms with Crippen LogP contribution in [0.25, 0.3) is 5.69 Å². The second kappa shape index (κ2) is 23.4. The Labute approximate surface area is 370 Å². The van der Waals surface area contributed by atoms with Crippen LogP contribution in [0.15, 0.2) is 110 Å². The van der Waals surface area contributed by atoms with Gasteiger partial charge in [-0.1, -0.05) is 115 Å². The highest BCUT2D eigenvalue weighted by Crippen LogP contribution is 2.35. The summed E-state index contributed by atoms with van der Waals surface area (Å²) < 4.78 is 71.7. The van der Waals surface area contributed by atoms with Gasteiger partial charge < -0.3 is 14.6 Å². The molecule has 0 fully saturated rings. The lowest BCUT2D eigenvalue weighted by Gasteiger charge is -2.15.